The van der Waals surface area contributed by atoms with Crippen LogP contribution in [0.25, 0.3) is 0 Å². The SMILES string of the molecule is CN(C1CCCNC1)S(=O)(=O)N1[C@@H]2CC[C@H]1C[C@@H](NC(=O)c1cc(C3CC3)on1)C2. The molecule has 4 fully saturated rings. The van der Waals surface area contributed by atoms with Crippen molar-refractivity contribution in [3.8, 4) is 0 Å². The molecule has 0 radical (unpaired) electrons. The van der Waals surface area contributed by atoms with Gasteiger partial charge in [-0.3, -0.25) is 4.79 Å². The summed E-state index contributed by atoms with van der Waals surface area (Å²) in [5, 5.41) is 10.3. The van der Waals surface area contributed by atoms with Crippen molar-refractivity contribution < 1.29 is 17.7 Å². The van der Waals surface area contributed by atoms with Crippen molar-refractivity contribution in [2.24, 2.45) is 0 Å². The molecule has 3 saturated heterocycles. The van der Waals surface area contributed by atoms with Crippen molar-refractivity contribution in [3.63, 3.8) is 0 Å². The number of likely N-dealkylation sites (N-methyl/N-ethyl adjacent to an activating group) is 1. The van der Waals surface area contributed by atoms with E-state index in [2.05, 4.69) is 15.8 Å². The lowest BCUT2D eigenvalue weighted by atomic mass is 9.99. The number of piperidine rings is 2. The van der Waals surface area contributed by atoms with Crippen molar-refractivity contribution in [1.29, 1.82) is 0 Å². The molecule has 9 nitrogen and oxygen atoms in total. The molecule has 5 rings (SSSR count). The minimum atomic E-state index is -3.51. The molecule has 1 aromatic heterocycles. The van der Waals surface area contributed by atoms with Gasteiger partial charge in [0.15, 0.2) is 5.69 Å². The molecule has 0 spiro atoms. The molecule has 1 aliphatic carbocycles. The van der Waals surface area contributed by atoms with Crippen molar-refractivity contribution in [1.82, 2.24) is 24.4 Å². The van der Waals surface area contributed by atoms with Crippen LogP contribution in [0.1, 0.15) is 73.5 Å². The molecule has 10 heteroatoms. The molecule has 4 aliphatic rings. The van der Waals surface area contributed by atoms with Crippen LogP contribution in [-0.4, -0.2) is 72.4 Å². The number of rotatable bonds is 6. The smallest absolute Gasteiger partial charge is 0.282 e. The molecule has 4 atom stereocenters. The van der Waals surface area contributed by atoms with Crippen LogP contribution in [-0.2, 0) is 10.2 Å². The van der Waals surface area contributed by atoms with Gasteiger partial charge in [0.05, 0.1) is 0 Å². The van der Waals surface area contributed by atoms with Crippen LogP contribution < -0.4 is 10.6 Å². The lowest BCUT2D eigenvalue weighted by Gasteiger charge is -2.42. The highest BCUT2D eigenvalue weighted by Gasteiger charge is 2.49. The third kappa shape index (κ3) is 3.79. The summed E-state index contributed by atoms with van der Waals surface area (Å²) in [6, 6.07) is 1.60. The number of carbonyl (C=O) groups is 1. The minimum absolute atomic E-state index is 0.00778. The Kier molecular flexibility index (Phi) is 5.37. The molecule has 1 aromatic rings. The van der Waals surface area contributed by atoms with Crippen LogP contribution in [0.3, 0.4) is 0 Å². The molecular formula is C20H31N5O4S. The van der Waals surface area contributed by atoms with Gasteiger partial charge in [-0.25, -0.2) is 0 Å². The zero-order chi connectivity index (χ0) is 20.9. The maximum Gasteiger partial charge on any atom is 0.282 e. The zero-order valence-electron chi connectivity index (χ0n) is 17.4. The summed E-state index contributed by atoms with van der Waals surface area (Å²) in [6.45, 7) is 1.66. The Hall–Kier alpha value is -1.49. The van der Waals surface area contributed by atoms with Gasteiger partial charge >= 0.3 is 0 Å². The summed E-state index contributed by atoms with van der Waals surface area (Å²) >= 11 is 0. The van der Waals surface area contributed by atoms with Gasteiger partial charge in [0.2, 0.25) is 0 Å². The standard InChI is InChI=1S/C20H31N5O4S/c1-24(17-3-2-8-21-12-17)30(27,28)25-15-6-7-16(25)10-14(9-15)22-20(26)18-11-19(29-23-18)13-4-5-13/h11,13-17,21H,2-10,12H2,1H3,(H,22,26)/t14-,15+,16-,17?. The van der Waals surface area contributed by atoms with E-state index in [4.69, 9.17) is 4.52 Å². The Balaban J connectivity index is 1.23. The first kappa shape index (κ1) is 20.4. The first-order chi connectivity index (χ1) is 14.4. The van der Waals surface area contributed by atoms with Gasteiger partial charge < -0.3 is 15.2 Å². The molecule has 166 valence electrons. The van der Waals surface area contributed by atoms with Crippen molar-refractivity contribution in [3.05, 3.63) is 17.5 Å². The van der Waals surface area contributed by atoms with Crippen LogP contribution in [0.2, 0.25) is 0 Å². The number of aromatic nitrogens is 1. The van der Waals surface area contributed by atoms with Gasteiger partial charge in [-0.2, -0.15) is 17.0 Å². The number of fused-ring (bicyclic) bond motifs is 2. The number of carbonyl (C=O) groups excluding carboxylic acids is 1. The van der Waals surface area contributed by atoms with Crippen molar-refractivity contribution in [2.75, 3.05) is 20.1 Å². The monoisotopic (exact) mass is 437 g/mol. The second-order valence-electron chi connectivity index (χ2n) is 9.27. The minimum Gasteiger partial charge on any atom is -0.360 e. The maximum absolute atomic E-state index is 13.4. The molecule has 3 aliphatic heterocycles. The average Bonchev–Trinajstić information content (AvgIpc) is 3.40. The first-order valence-electron chi connectivity index (χ1n) is 11.2. The Morgan fingerprint density at radius 2 is 1.97 bits per heavy atom. The molecule has 2 N–H and O–H groups in total. The number of nitrogens with zero attached hydrogens (tertiary/aromatic N) is 3. The van der Waals surface area contributed by atoms with Crippen LogP contribution >= 0.6 is 0 Å². The summed E-state index contributed by atoms with van der Waals surface area (Å²) in [7, 11) is -1.80. The normalized spacial score (nSPS) is 32.5. The highest BCUT2D eigenvalue weighted by molar-refractivity contribution is 7.86. The Morgan fingerprint density at radius 1 is 1.23 bits per heavy atom. The summed E-state index contributed by atoms with van der Waals surface area (Å²) in [4.78, 5) is 12.6. The van der Waals surface area contributed by atoms with Gasteiger partial charge in [-0.15, -0.1) is 0 Å². The van der Waals surface area contributed by atoms with Crippen LogP contribution in [0.4, 0.5) is 0 Å². The van der Waals surface area contributed by atoms with E-state index in [0.717, 1.165) is 50.8 Å². The predicted octanol–water partition coefficient (Wildman–Crippen LogP) is 1.21. The highest BCUT2D eigenvalue weighted by Crippen LogP contribution is 2.41. The van der Waals surface area contributed by atoms with Gasteiger partial charge in [0.25, 0.3) is 16.1 Å². The largest absolute Gasteiger partial charge is 0.360 e. The molecule has 4 heterocycles. The molecule has 2 bridgehead atoms. The average molecular weight is 438 g/mol. The quantitative estimate of drug-likeness (QED) is 0.693. The molecule has 0 aromatic carbocycles. The van der Waals surface area contributed by atoms with E-state index in [1.54, 1.807) is 21.7 Å². The summed E-state index contributed by atoms with van der Waals surface area (Å²) in [5.74, 6) is 0.984. The molecule has 30 heavy (non-hydrogen) atoms. The Morgan fingerprint density at radius 3 is 2.60 bits per heavy atom. The second kappa shape index (κ2) is 7.89. The highest BCUT2D eigenvalue weighted by atomic mass is 32.2. The summed E-state index contributed by atoms with van der Waals surface area (Å²) in [6.07, 6.45) is 7.07. The van der Waals surface area contributed by atoms with Gasteiger partial charge in [-0.1, -0.05) is 5.16 Å². The fourth-order valence-electron chi connectivity index (χ4n) is 5.33. The van der Waals surface area contributed by atoms with E-state index >= 15 is 0 Å². The van der Waals surface area contributed by atoms with Gasteiger partial charge in [-0.05, 0) is 57.9 Å². The van der Waals surface area contributed by atoms with Crippen LogP contribution in [0.5, 0.6) is 0 Å². The first-order valence-corrected chi connectivity index (χ1v) is 12.6. The third-order valence-electron chi connectivity index (χ3n) is 7.16. The third-order valence-corrected chi connectivity index (χ3v) is 9.31. The fourth-order valence-corrected chi connectivity index (χ4v) is 7.32. The van der Waals surface area contributed by atoms with Gasteiger partial charge in [0.1, 0.15) is 5.76 Å². The molecular weight excluding hydrogens is 406 g/mol. The summed E-state index contributed by atoms with van der Waals surface area (Å²) in [5.41, 5.74) is 0.323. The van der Waals surface area contributed by atoms with Crippen molar-refractivity contribution >= 4 is 16.1 Å². The predicted molar refractivity (Wildman–Crippen MR) is 110 cm³/mol. The van der Waals surface area contributed by atoms with E-state index in [-0.39, 0.29) is 30.1 Å². The molecule has 1 amide bonds. The topological polar surface area (TPSA) is 108 Å². The van der Waals surface area contributed by atoms with Gasteiger partial charge in [0, 0.05) is 49.7 Å². The number of hydrogen-bond acceptors (Lipinski definition) is 6. The second-order valence-corrected chi connectivity index (χ2v) is 11.2. The molecule has 1 saturated carbocycles. The van der Waals surface area contributed by atoms with E-state index < -0.39 is 10.2 Å². The van der Waals surface area contributed by atoms with Crippen LogP contribution in [0, 0.1) is 0 Å². The number of hydrogen-bond donors (Lipinski definition) is 2. The van der Waals surface area contributed by atoms with E-state index in [1.807, 2.05) is 0 Å². The van der Waals surface area contributed by atoms with E-state index in [9.17, 15) is 13.2 Å². The zero-order valence-corrected chi connectivity index (χ0v) is 18.2. The van der Waals surface area contributed by atoms with Crippen LogP contribution in [0.15, 0.2) is 10.6 Å². The fraction of sp³-hybridized carbons (Fsp3) is 0.800. The Bertz CT molecular complexity index is 879. The lowest BCUT2D eigenvalue weighted by molar-refractivity contribution is 0.0897. The lowest BCUT2D eigenvalue weighted by Crippen LogP contribution is -2.58. The summed E-state index contributed by atoms with van der Waals surface area (Å²) < 4.78 is 35.4. The van der Waals surface area contributed by atoms with E-state index in [1.165, 1.54) is 0 Å². The van der Waals surface area contributed by atoms with Crippen molar-refractivity contribution in [2.45, 2.75) is 81.5 Å². The number of amides is 1. The maximum atomic E-state index is 13.4. The van der Waals surface area contributed by atoms with E-state index in [0.29, 0.717) is 31.0 Å². The number of nitrogens with one attached hydrogen (secondary N) is 2. The Labute approximate surface area is 177 Å². The molecule has 1 unspecified atom stereocenters.